The average Bonchev–Trinajstić information content (AvgIpc) is 3.30. The molecule has 1 unspecified atom stereocenters. The van der Waals surface area contributed by atoms with E-state index in [1.165, 1.54) is 0 Å². The van der Waals surface area contributed by atoms with E-state index in [-0.39, 0.29) is 30.1 Å². The number of rotatable bonds is 7. The molecule has 21 heavy (non-hydrogen) atoms. The Hall–Kier alpha value is -1.39. The van der Waals surface area contributed by atoms with Crippen LogP contribution < -0.4 is 11.1 Å². The summed E-state index contributed by atoms with van der Waals surface area (Å²) in [5.41, 5.74) is 6.01. The van der Waals surface area contributed by atoms with Crippen molar-refractivity contribution >= 4 is 23.3 Å². The molecule has 1 aromatic rings. The highest BCUT2D eigenvalue weighted by atomic mass is 35.5. The minimum absolute atomic E-state index is 0.0531. The third-order valence-electron chi connectivity index (χ3n) is 4.07. The van der Waals surface area contributed by atoms with Crippen molar-refractivity contribution in [1.82, 2.24) is 5.32 Å². The Balaban J connectivity index is 1.83. The highest BCUT2D eigenvalue weighted by Crippen LogP contribution is 2.39. The molecule has 2 rings (SSSR count). The van der Waals surface area contributed by atoms with Crippen LogP contribution in [-0.4, -0.2) is 23.8 Å². The number of benzene rings is 1. The standard InChI is InChI=1S/C16H21ClN2O2/c1-16(10-18,12-4-5-12)19-15(21)9-8-14(20)11-2-6-13(17)7-3-11/h2-3,6-7,12H,4-5,8-10,18H2,1H3,(H,19,21). The fraction of sp³-hybridized carbons (Fsp3) is 0.500. The van der Waals surface area contributed by atoms with Crippen LogP contribution in [0, 0.1) is 5.92 Å². The van der Waals surface area contributed by atoms with E-state index in [0.717, 1.165) is 12.8 Å². The second-order valence-electron chi connectivity index (χ2n) is 5.87. The van der Waals surface area contributed by atoms with Gasteiger partial charge in [0, 0.05) is 30.0 Å². The first-order valence-corrected chi connectivity index (χ1v) is 7.62. The van der Waals surface area contributed by atoms with Gasteiger partial charge in [-0.2, -0.15) is 0 Å². The van der Waals surface area contributed by atoms with Gasteiger partial charge in [-0.15, -0.1) is 0 Å². The number of amides is 1. The van der Waals surface area contributed by atoms with Gasteiger partial charge in [0.2, 0.25) is 5.91 Å². The van der Waals surface area contributed by atoms with Crippen molar-refractivity contribution in [2.24, 2.45) is 11.7 Å². The molecule has 3 N–H and O–H groups in total. The Labute approximate surface area is 130 Å². The molecule has 1 aromatic carbocycles. The number of carbonyl (C=O) groups excluding carboxylic acids is 2. The Kier molecular flexibility index (Phi) is 5.01. The summed E-state index contributed by atoms with van der Waals surface area (Å²) in [6, 6.07) is 6.70. The number of nitrogens with two attached hydrogens (primary N) is 1. The summed E-state index contributed by atoms with van der Waals surface area (Å²) in [5, 5.41) is 3.57. The van der Waals surface area contributed by atoms with Crippen LogP contribution >= 0.6 is 11.6 Å². The molecule has 0 heterocycles. The summed E-state index contributed by atoms with van der Waals surface area (Å²) in [6.07, 6.45) is 2.60. The molecular weight excluding hydrogens is 288 g/mol. The van der Waals surface area contributed by atoms with Crippen molar-refractivity contribution in [2.45, 2.75) is 38.1 Å². The van der Waals surface area contributed by atoms with E-state index in [1.807, 2.05) is 6.92 Å². The monoisotopic (exact) mass is 308 g/mol. The number of Topliss-reactive ketones (excluding diaryl/α,β-unsaturated/α-hetero) is 1. The van der Waals surface area contributed by atoms with E-state index in [0.29, 0.717) is 23.0 Å². The van der Waals surface area contributed by atoms with E-state index in [9.17, 15) is 9.59 Å². The average molecular weight is 309 g/mol. The predicted octanol–water partition coefficient (Wildman–Crippen LogP) is 2.55. The van der Waals surface area contributed by atoms with Crippen molar-refractivity contribution < 1.29 is 9.59 Å². The molecule has 0 radical (unpaired) electrons. The summed E-state index contributed by atoms with van der Waals surface area (Å²) >= 11 is 5.78. The summed E-state index contributed by atoms with van der Waals surface area (Å²) in [7, 11) is 0. The lowest BCUT2D eigenvalue weighted by atomic mass is 9.95. The smallest absolute Gasteiger partial charge is 0.220 e. The van der Waals surface area contributed by atoms with Gasteiger partial charge < -0.3 is 11.1 Å². The van der Waals surface area contributed by atoms with Gasteiger partial charge >= 0.3 is 0 Å². The topological polar surface area (TPSA) is 72.2 Å². The molecule has 1 fully saturated rings. The number of hydrogen-bond donors (Lipinski definition) is 2. The van der Waals surface area contributed by atoms with Crippen LogP contribution in [0.1, 0.15) is 43.0 Å². The van der Waals surface area contributed by atoms with Gasteiger partial charge in [0.05, 0.1) is 5.54 Å². The number of hydrogen-bond acceptors (Lipinski definition) is 3. The lowest BCUT2D eigenvalue weighted by molar-refractivity contribution is -0.123. The number of ketones is 1. The quantitative estimate of drug-likeness (QED) is 0.760. The Bertz CT molecular complexity index is 526. The summed E-state index contributed by atoms with van der Waals surface area (Å²) in [5.74, 6) is 0.304. The van der Waals surface area contributed by atoms with Crippen molar-refractivity contribution in [3.8, 4) is 0 Å². The minimum Gasteiger partial charge on any atom is -0.349 e. The van der Waals surface area contributed by atoms with Gasteiger partial charge in [-0.3, -0.25) is 9.59 Å². The molecule has 1 aliphatic carbocycles. The maximum atomic E-state index is 12.0. The van der Waals surface area contributed by atoms with E-state index >= 15 is 0 Å². The van der Waals surface area contributed by atoms with Crippen molar-refractivity contribution in [1.29, 1.82) is 0 Å². The van der Waals surface area contributed by atoms with Crippen LogP contribution in [0.4, 0.5) is 0 Å². The maximum absolute atomic E-state index is 12.0. The zero-order valence-electron chi connectivity index (χ0n) is 12.2. The molecule has 0 saturated heterocycles. The first-order chi connectivity index (χ1) is 9.94. The molecule has 0 spiro atoms. The first kappa shape index (κ1) is 16.0. The van der Waals surface area contributed by atoms with Crippen LogP contribution in [0.15, 0.2) is 24.3 Å². The third-order valence-corrected chi connectivity index (χ3v) is 4.32. The van der Waals surface area contributed by atoms with Gasteiger partial charge in [0.1, 0.15) is 0 Å². The van der Waals surface area contributed by atoms with E-state index in [4.69, 9.17) is 17.3 Å². The van der Waals surface area contributed by atoms with Crippen molar-refractivity contribution in [2.75, 3.05) is 6.54 Å². The SMILES string of the molecule is CC(CN)(NC(=O)CCC(=O)c1ccc(Cl)cc1)C1CC1. The summed E-state index contributed by atoms with van der Waals surface area (Å²) in [4.78, 5) is 24.0. The fourth-order valence-corrected chi connectivity index (χ4v) is 2.55. The minimum atomic E-state index is -0.333. The highest BCUT2D eigenvalue weighted by molar-refractivity contribution is 6.30. The maximum Gasteiger partial charge on any atom is 0.220 e. The van der Waals surface area contributed by atoms with Gasteiger partial charge in [0.15, 0.2) is 5.78 Å². The molecule has 1 aliphatic rings. The highest BCUT2D eigenvalue weighted by Gasteiger charge is 2.41. The summed E-state index contributed by atoms with van der Waals surface area (Å²) in [6.45, 7) is 2.40. The van der Waals surface area contributed by atoms with E-state index in [1.54, 1.807) is 24.3 Å². The fourth-order valence-electron chi connectivity index (χ4n) is 2.43. The second kappa shape index (κ2) is 6.58. The molecule has 1 saturated carbocycles. The molecule has 0 bridgehead atoms. The third kappa shape index (κ3) is 4.29. The number of halogens is 1. The molecule has 0 aromatic heterocycles. The Morgan fingerprint density at radius 1 is 1.29 bits per heavy atom. The molecule has 5 heteroatoms. The number of nitrogens with one attached hydrogen (secondary N) is 1. The van der Waals surface area contributed by atoms with Crippen molar-refractivity contribution in [3.63, 3.8) is 0 Å². The van der Waals surface area contributed by atoms with Crippen LogP contribution in [-0.2, 0) is 4.79 Å². The van der Waals surface area contributed by atoms with Gasteiger partial charge in [-0.05, 0) is 49.9 Å². The first-order valence-electron chi connectivity index (χ1n) is 7.24. The second-order valence-corrected chi connectivity index (χ2v) is 6.31. The van der Waals surface area contributed by atoms with Gasteiger partial charge in [-0.1, -0.05) is 11.6 Å². The number of carbonyl (C=O) groups is 2. The van der Waals surface area contributed by atoms with Gasteiger partial charge in [-0.25, -0.2) is 0 Å². The zero-order valence-corrected chi connectivity index (χ0v) is 13.0. The normalized spacial score (nSPS) is 17.1. The predicted molar refractivity (Wildman–Crippen MR) is 83.3 cm³/mol. The van der Waals surface area contributed by atoms with Crippen molar-refractivity contribution in [3.05, 3.63) is 34.9 Å². The summed E-state index contributed by atoms with van der Waals surface area (Å²) < 4.78 is 0. The van der Waals surface area contributed by atoms with Gasteiger partial charge in [0.25, 0.3) is 0 Å². The van der Waals surface area contributed by atoms with Crippen LogP contribution in [0.5, 0.6) is 0 Å². The largest absolute Gasteiger partial charge is 0.349 e. The molecule has 1 amide bonds. The Morgan fingerprint density at radius 2 is 1.90 bits per heavy atom. The molecule has 4 nitrogen and oxygen atoms in total. The zero-order chi connectivity index (χ0) is 15.5. The molecule has 0 aliphatic heterocycles. The van der Waals surface area contributed by atoms with E-state index < -0.39 is 0 Å². The lowest BCUT2D eigenvalue weighted by Crippen LogP contribution is -2.53. The van der Waals surface area contributed by atoms with Crippen LogP contribution in [0.25, 0.3) is 0 Å². The molecule has 114 valence electrons. The van der Waals surface area contributed by atoms with Crippen LogP contribution in [0.3, 0.4) is 0 Å². The molecular formula is C16H21ClN2O2. The molecule has 1 atom stereocenters. The Morgan fingerprint density at radius 3 is 2.43 bits per heavy atom. The lowest BCUT2D eigenvalue weighted by Gasteiger charge is -2.29. The van der Waals surface area contributed by atoms with Crippen LogP contribution in [0.2, 0.25) is 5.02 Å². The van der Waals surface area contributed by atoms with E-state index in [2.05, 4.69) is 5.32 Å².